The number of benzene rings is 2. The predicted molar refractivity (Wildman–Crippen MR) is 121 cm³/mol. The minimum absolute atomic E-state index is 0.0413. The first-order valence-corrected chi connectivity index (χ1v) is 11.9. The molecular formula is C22H30N4O4S. The van der Waals surface area contributed by atoms with Crippen LogP contribution in [-0.4, -0.2) is 48.7 Å². The van der Waals surface area contributed by atoms with Gasteiger partial charge in [0.15, 0.2) is 0 Å². The minimum atomic E-state index is -3.81. The fourth-order valence-corrected chi connectivity index (χ4v) is 5.28. The van der Waals surface area contributed by atoms with Gasteiger partial charge < -0.3 is 5.32 Å². The molecule has 1 N–H and O–H groups in total. The number of rotatable bonds is 9. The Morgan fingerprint density at radius 2 is 1.77 bits per heavy atom. The zero-order chi connectivity index (χ0) is 22.6. The molecule has 168 valence electrons. The summed E-state index contributed by atoms with van der Waals surface area (Å²) < 4.78 is 27.8. The van der Waals surface area contributed by atoms with E-state index in [2.05, 4.69) is 37.2 Å². The molecule has 31 heavy (non-hydrogen) atoms. The molecule has 1 fully saturated rings. The van der Waals surface area contributed by atoms with Crippen molar-refractivity contribution in [3.05, 3.63) is 63.7 Å². The van der Waals surface area contributed by atoms with Crippen LogP contribution in [0, 0.1) is 10.1 Å². The topological polar surface area (TPSA) is 95.8 Å². The molecule has 9 heteroatoms. The third-order valence-corrected chi connectivity index (χ3v) is 7.69. The van der Waals surface area contributed by atoms with Gasteiger partial charge in [-0.1, -0.05) is 24.3 Å². The van der Waals surface area contributed by atoms with E-state index in [1.54, 1.807) is 0 Å². The predicted octanol–water partition coefficient (Wildman–Crippen LogP) is 3.83. The Labute approximate surface area is 184 Å². The Kier molecular flexibility index (Phi) is 7.30. The number of hydrogen-bond donors (Lipinski definition) is 1. The largest absolute Gasteiger partial charge is 0.380 e. The van der Waals surface area contributed by atoms with Crippen LogP contribution in [-0.2, 0) is 23.1 Å². The lowest BCUT2D eigenvalue weighted by Crippen LogP contribution is -2.28. The van der Waals surface area contributed by atoms with Crippen molar-refractivity contribution in [1.29, 1.82) is 0 Å². The molecule has 0 aromatic heterocycles. The Morgan fingerprint density at radius 1 is 1.13 bits per heavy atom. The van der Waals surface area contributed by atoms with E-state index >= 15 is 0 Å². The van der Waals surface area contributed by atoms with Gasteiger partial charge in [-0.25, -0.2) is 8.42 Å². The highest BCUT2D eigenvalue weighted by Crippen LogP contribution is 2.31. The second-order valence-electron chi connectivity index (χ2n) is 8.18. The van der Waals surface area contributed by atoms with Gasteiger partial charge in [-0.05, 0) is 50.9 Å². The number of nitrogens with zero attached hydrogens (tertiary/aromatic N) is 3. The van der Waals surface area contributed by atoms with Crippen LogP contribution in [0.5, 0.6) is 0 Å². The molecule has 0 bridgehead atoms. The normalized spacial score (nSPS) is 15.0. The van der Waals surface area contributed by atoms with Crippen molar-refractivity contribution in [2.45, 2.75) is 50.7 Å². The van der Waals surface area contributed by atoms with Crippen LogP contribution in [0.3, 0.4) is 0 Å². The Morgan fingerprint density at radius 3 is 2.39 bits per heavy atom. The number of anilines is 1. The summed E-state index contributed by atoms with van der Waals surface area (Å²) in [6, 6.07) is 12.4. The van der Waals surface area contributed by atoms with Crippen LogP contribution in [0.1, 0.15) is 37.8 Å². The van der Waals surface area contributed by atoms with Gasteiger partial charge in [0, 0.05) is 44.4 Å². The molecule has 2 aromatic carbocycles. The van der Waals surface area contributed by atoms with E-state index in [0.29, 0.717) is 31.4 Å². The number of hydrogen-bond acceptors (Lipinski definition) is 6. The van der Waals surface area contributed by atoms with Gasteiger partial charge in [-0.2, -0.15) is 4.31 Å². The minimum Gasteiger partial charge on any atom is -0.380 e. The van der Waals surface area contributed by atoms with Crippen molar-refractivity contribution >= 4 is 21.4 Å². The third-order valence-electron chi connectivity index (χ3n) is 5.75. The summed E-state index contributed by atoms with van der Waals surface area (Å²) in [5.41, 5.74) is 2.35. The molecule has 0 saturated carbocycles. The van der Waals surface area contributed by atoms with Gasteiger partial charge in [-0.3, -0.25) is 15.0 Å². The first-order chi connectivity index (χ1) is 14.7. The molecule has 1 aliphatic rings. The van der Waals surface area contributed by atoms with E-state index in [9.17, 15) is 18.5 Å². The first-order valence-electron chi connectivity index (χ1n) is 10.5. The summed E-state index contributed by atoms with van der Waals surface area (Å²) in [6.07, 6.45) is 1.60. The van der Waals surface area contributed by atoms with E-state index in [4.69, 9.17) is 0 Å². The fourth-order valence-electron chi connectivity index (χ4n) is 3.58. The summed E-state index contributed by atoms with van der Waals surface area (Å²) in [6.45, 7) is 6.33. The lowest BCUT2D eigenvalue weighted by molar-refractivity contribution is -0.385. The third kappa shape index (κ3) is 5.41. The maximum atomic E-state index is 13.2. The molecule has 2 aromatic rings. The number of non-ortho nitro benzene ring substituents is 1. The zero-order valence-electron chi connectivity index (χ0n) is 18.2. The van der Waals surface area contributed by atoms with Crippen LogP contribution in [0.25, 0.3) is 0 Å². The molecule has 0 aliphatic carbocycles. The van der Waals surface area contributed by atoms with Gasteiger partial charge >= 0.3 is 0 Å². The average molecular weight is 447 g/mol. The summed E-state index contributed by atoms with van der Waals surface area (Å²) in [5, 5.41) is 14.5. The summed E-state index contributed by atoms with van der Waals surface area (Å²) in [4.78, 5) is 12.9. The van der Waals surface area contributed by atoms with Crippen molar-refractivity contribution in [3.63, 3.8) is 0 Å². The molecule has 1 heterocycles. The Bertz CT molecular complexity index is 1030. The second kappa shape index (κ2) is 9.76. The quantitative estimate of drug-likeness (QED) is 0.465. The molecule has 0 atom stereocenters. The van der Waals surface area contributed by atoms with Crippen molar-refractivity contribution in [1.82, 2.24) is 9.21 Å². The highest BCUT2D eigenvalue weighted by atomic mass is 32.2. The van der Waals surface area contributed by atoms with Gasteiger partial charge in [0.25, 0.3) is 5.69 Å². The molecule has 3 rings (SSSR count). The van der Waals surface area contributed by atoms with Gasteiger partial charge in [0.1, 0.15) is 4.90 Å². The molecule has 0 unspecified atom stereocenters. The molecule has 0 amide bonds. The maximum absolute atomic E-state index is 13.2. The average Bonchev–Trinajstić information content (AvgIpc) is 3.28. The summed E-state index contributed by atoms with van der Waals surface area (Å²) in [5.74, 6) is 0. The second-order valence-corrected chi connectivity index (χ2v) is 10.1. The fraction of sp³-hybridized carbons (Fsp3) is 0.455. The monoisotopic (exact) mass is 446 g/mol. The number of sulfonamides is 1. The Hall–Kier alpha value is -2.49. The number of nitrogens with one attached hydrogen (secondary N) is 1. The zero-order valence-corrected chi connectivity index (χ0v) is 19.1. The van der Waals surface area contributed by atoms with Gasteiger partial charge in [0.2, 0.25) is 10.0 Å². The summed E-state index contributed by atoms with van der Waals surface area (Å²) in [7, 11) is -1.75. The van der Waals surface area contributed by atoms with Crippen LogP contribution >= 0.6 is 0 Å². The van der Waals surface area contributed by atoms with Crippen LogP contribution < -0.4 is 5.32 Å². The molecule has 0 spiro atoms. The highest BCUT2D eigenvalue weighted by molar-refractivity contribution is 7.89. The van der Waals surface area contributed by atoms with E-state index in [-0.39, 0.29) is 10.6 Å². The molecule has 0 radical (unpaired) electrons. The lowest BCUT2D eigenvalue weighted by Gasteiger charge is -2.23. The van der Waals surface area contributed by atoms with Gasteiger partial charge in [-0.15, -0.1) is 0 Å². The van der Waals surface area contributed by atoms with Crippen molar-refractivity contribution < 1.29 is 13.3 Å². The van der Waals surface area contributed by atoms with Crippen LogP contribution in [0.4, 0.5) is 11.4 Å². The van der Waals surface area contributed by atoms with Crippen molar-refractivity contribution in [3.8, 4) is 0 Å². The van der Waals surface area contributed by atoms with Crippen LogP contribution in [0.2, 0.25) is 0 Å². The highest BCUT2D eigenvalue weighted by Gasteiger charge is 2.31. The molecular weight excluding hydrogens is 416 g/mol. The standard InChI is InChI=1S/C22H30N4O4S/c1-17(2)24(3)16-19-9-5-4-8-18(19)15-23-21-11-10-20(26(27)28)14-22(21)31(29,30)25-12-6-7-13-25/h4-5,8-11,14,17,23H,6-7,12-13,15-16H2,1-3H3. The van der Waals surface area contributed by atoms with Crippen molar-refractivity contribution in [2.24, 2.45) is 0 Å². The first kappa shape index (κ1) is 23.2. The molecule has 1 saturated heterocycles. The van der Waals surface area contributed by atoms with Crippen molar-refractivity contribution in [2.75, 3.05) is 25.5 Å². The Balaban J connectivity index is 1.90. The van der Waals surface area contributed by atoms with E-state index < -0.39 is 14.9 Å². The molecule has 1 aliphatic heterocycles. The SMILES string of the molecule is CC(C)N(C)Cc1ccccc1CNc1ccc([N+](=O)[O-])cc1S(=O)(=O)N1CCCC1. The van der Waals surface area contributed by atoms with E-state index in [1.807, 2.05) is 18.2 Å². The number of nitro groups is 1. The van der Waals surface area contributed by atoms with Gasteiger partial charge in [0.05, 0.1) is 10.6 Å². The maximum Gasteiger partial charge on any atom is 0.270 e. The molecule has 8 nitrogen and oxygen atoms in total. The van der Waals surface area contributed by atoms with Crippen LogP contribution in [0.15, 0.2) is 47.4 Å². The van der Waals surface area contributed by atoms with E-state index in [0.717, 1.165) is 36.6 Å². The smallest absolute Gasteiger partial charge is 0.270 e. The number of nitro benzene ring substituents is 1. The summed E-state index contributed by atoms with van der Waals surface area (Å²) >= 11 is 0. The van der Waals surface area contributed by atoms with E-state index in [1.165, 1.54) is 16.4 Å². The lowest BCUT2D eigenvalue weighted by atomic mass is 10.1.